The molecule has 0 aliphatic heterocycles. The van der Waals surface area contributed by atoms with Crippen molar-refractivity contribution in [2.45, 2.75) is 19.8 Å². The Balaban J connectivity index is 1.65. The van der Waals surface area contributed by atoms with Crippen LogP contribution in [0.1, 0.15) is 41.3 Å². The van der Waals surface area contributed by atoms with Crippen LogP contribution in [-0.4, -0.2) is 22.1 Å². The van der Waals surface area contributed by atoms with E-state index in [1.165, 1.54) is 5.56 Å². The molecule has 0 unspecified atom stereocenters. The average Bonchev–Trinajstić information content (AvgIpc) is 3.02. The number of carbonyl (C=O) groups is 1. The first-order valence-electron chi connectivity index (χ1n) is 7.50. The summed E-state index contributed by atoms with van der Waals surface area (Å²) in [4.78, 5) is 19.2. The lowest BCUT2D eigenvalue weighted by Crippen LogP contribution is -2.17. The summed E-state index contributed by atoms with van der Waals surface area (Å²) in [6.45, 7) is 4.31. The van der Waals surface area contributed by atoms with Crippen LogP contribution in [0.2, 0.25) is 0 Å². The van der Waals surface area contributed by atoms with Crippen LogP contribution in [0.25, 0.3) is 11.0 Å². The lowest BCUT2D eigenvalue weighted by molar-refractivity contribution is 0.0955. The molecule has 0 aliphatic carbocycles. The fourth-order valence-electron chi connectivity index (χ4n) is 2.27. The molecule has 1 aromatic heterocycles. The molecule has 0 bridgehead atoms. The largest absolute Gasteiger partial charge is 0.345 e. The van der Waals surface area contributed by atoms with Crippen molar-refractivity contribution >= 4 is 23.2 Å². The number of imidazole rings is 1. The van der Waals surface area contributed by atoms with E-state index in [2.05, 4.69) is 46.5 Å². The van der Waals surface area contributed by atoms with Gasteiger partial charge in [-0.15, -0.1) is 0 Å². The second-order valence-electron chi connectivity index (χ2n) is 5.65. The molecular formula is C18H18N4O. The van der Waals surface area contributed by atoms with Crippen LogP contribution < -0.4 is 5.43 Å². The van der Waals surface area contributed by atoms with Gasteiger partial charge in [-0.05, 0) is 35.2 Å². The highest BCUT2D eigenvalue weighted by atomic mass is 16.2. The SMILES string of the molecule is CC(C)c1ccc(/C=N/NC(=O)c2ccc3nc[nH]c3c2)cc1. The molecule has 0 atom stereocenters. The van der Waals surface area contributed by atoms with Gasteiger partial charge in [-0.3, -0.25) is 4.79 Å². The van der Waals surface area contributed by atoms with Gasteiger partial charge in [0, 0.05) is 5.56 Å². The number of nitrogens with zero attached hydrogens (tertiary/aromatic N) is 2. The van der Waals surface area contributed by atoms with Gasteiger partial charge in [0.15, 0.2) is 0 Å². The van der Waals surface area contributed by atoms with E-state index >= 15 is 0 Å². The van der Waals surface area contributed by atoms with Gasteiger partial charge in [-0.1, -0.05) is 38.1 Å². The lowest BCUT2D eigenvalue weighted by Gasteiger charge is -2.04. The van der Waals surface area contributed by atoms with E-state index in [4.69, 9.17) is 0 Å². The van der Waals surface area contributed by atoms with Crippen LogP contribution in [-0.2, 0) is 0 Å². The Morgan fingerprint density at radius 1 is 1.22 bits per heavy atom. The number of aromatic amines is 1. The van der Waals surface area contributed by atoms with E-state index in [0.717, 1.165) is 16.6 Å². The molecule has 0 saturated carbocycles. The first kappa shape index (κ1) is 15.0. The molecule has 2 aromatic carbocycles. The molecule has 5 heteroatoms. The minimum atomic E-state index is -0.253. The fourth-order valence-corrected chi connectivity index (χ4v) is 2.27. The normalized spacial score (nSPS) is 11.4. The monoisotopic (exact) mass is 306 g/mol. The Morgan fingerprint density at radius 3 is 2.74 bits per heavy atom. The minimum absolute atomic E-state index is 0.253. The van der Waals surface area contributed by atoms with Crippen LogP contribution in [0.15, 0.2) is 53.9 Å². The highest BCUT2D eigenvalue weighted by molar-refractivity contribution is 5.97. The summed E-state index contributed by atoms with van der Waals surface area (Å²) in [6, 6.07) is 13.4. The van der Waals surface area contributed by atoms with Gasteiger partial charge in [-0.25, -0.2) is 10.4 Å². The summed E-state index contributed by atoms with van der Waals surface area (Å²) in [6.07, 6.45) is 3.24. The fraction of sp³-hybridized carbons (Fsp3) is 0.167. The summed E-state index contributed by atoms with van der Waals surface area (Å²) in [5.41, 5.74) is 6.95. The maximum Gasteiger partial charge on any atom is 0.271 e. The van der Waals surface area contributed by atoms with Gasteiger partial charge >= 0.3 is 0 Å². The quantitative estimate of drug-likeness (QED) is 0.572. The van der Waals surface area contributed by atoms with Gasteiger partial charge in [0.1, 0.15) is 0 Å². The van der Waals surface area contributed by atoms with Gasteiger partial charge in [-0.2, -0.15) is 5.10 Å². The lowest BCUT2D eigenvalue weighted by atomic mass is 10.0. The molecule has 3 aromatic rings. The molecule has 1 heterocycles. The number of fused-ring (bicyclic) bond motifs is 1. The van der Waals surface area contributed by atoms with Crippen molar-refractivity contribution in [3.63, 3.8) is 0 Å². The van der Waals surface area contributed by atoms with E-state index in [0.29, 0.717) is 11.5 Å². The minimum Gasteiger partial charge on any atom is -0.345 e. The van der Waals surface area contributed by atoms with Gasteiger partial charge in [0.05, 0.1) is 23.6 Å². The third-order valence-electron chi connectivity index (χ3n) is 3.67. The Kier molecular flexibility index (Phi) is 4.19. The first-order chi connectivity index (χ1) is 11.1. The number of amides is 1. The summed E-state index contributed by atoms with van der Waals surface area (Å²) in [5, 5.41) is 4.01. The molecular weight excluding hydrogens is 288 g/mol. The molecule has 3 rings (SSSR count). The predicted molar refractivity (Wildman–Crippen MR) is 91.7 cm³/mol. The Hall–Kier alpha value is -2.95. The Bertz CT molecular complexity index is 847. The summed E-state index contributed by atoms with van der Waals surface area (Å²) >= 11 is 0. The van der Waals surface area contributed by atoms with E-state index in [1.54, 1.807) is 30.7 Å². The van der Waals surface area contributed by atoms with E-state index in [-0.39, 0.29) is 5.91 Å². The summed E-state index contributed by atoms with van der Waals surface area (Å²) < 4.78 is 0. The van der Waals surface area contributed by atoms with Crippen LogP contribution in [0.3, 0.4) is 0 Å². The third kappa shape index (κ3) is 3.45. The van der Waals surface area contributed by atoms with Crippen molar-refractivity contribution in [3.05, 3.63) is 65.5 Å². The number of hydrazone groups is 1. The zero-order chi connectivity index (χ0) is 16.2. The molecule has 0 aliphatic rings. The van der Waals surface area contributed by atoms with Gasteiger partial charge in [0.2, 0.25) is 0 Å². The molecule has 0 spiro atoms. The van der Waals surface area contributed by atoms with Crippen molar-refractivity contribution < 1.29 is 4.79 Å². The van der Waals surface area contributed by atoms with Crippen LogP contribution in [0.4, 0.5) is 0 Å². The summed E-state index contributed by atoms with van der Waals surface area (Å²) in [7, 11) is 0. The molecule has 23 heavy (non-hydrogen) atoms. The van der Waals surface area contributed by atoms with Crippen molar-refractivity contribution in [3.8, 4) is 0 Å². The van der Waals surface area contributed by atoms with E-state index in [1.807, 2.05) is 12.1 Å². The third-order valence-corrected chi connectivity index (χ3v) is 3.67. The molecule has 0 saturated heterocycles. The number of rotatable bonds is 4. The van der Waals surface area contributed by atoms with Crippen molar-refractivity contribution in [1.82, 2.24) is 15.4 Å². The van der Waals surface area contributed by atoms with E-state index in [9.17, 15) is 4.79 Å². The molecule has 5 nitrogen and oxygen atoms in total. The zero-order valence-corrected chi connectivity index (χ0v) is 13.1. The number of H-pyrrole nitrogens is 1. The number of hydrogen-bond acceptors (Lipinski definition) is 3. The van der Waals surface area contributed by atoms with Crippen molar-refractivity contribution in [2.75, 3.05) is 0 Å². The van der Waals surface area contributed by atoms with Crippen LogP contribution in [0.5, 0.6) is 0 Å². The average molecular weight is 306 g/mol. The molecule has 0 radical (unpaired) electrons. The van der Waals surface area contributed by atoms with E-state index < -0.39 is 0 Å². The maximum absolute atomic E-state index is 12.1. The topological polar surface area (TPSA) is 70.1 Å². The zero-order valence-electron chi connectivity index (χ0n) is 13.1. The number of aromatic nitrogens is 2. The Labute approximate surface area is 134 Å². The van der Waals surface area contributed by atoms with Crippen molar-refractivity contribution in [1.29, 1.82) is 0 Å². The second-order valence-corrected chi connectivity index (χ2v) is 5.65. The number of benzene rings is 2. The van der Waals surface area contributed by atoms with Crippen LogP contribution in [0, 0.1) is 0 Å². The molecule has 0 fully saturated rings. The molecule has 116 valence electrons. The molecule has 2 N–H and O–H groups in total. The second kappa shape index (κ2) is 6.44. The number of nitrogens with one attached hydrogen (secondary N) is 2. The number of hydrogen-bond donors (Lipinski definition) is 2. The predicted octanol–water partition coefficient (Wildman–Crippen LogP) is 3.45. The van der Waals surface area contributed by atoms with Gasteiger partial charge < -0.3 is 4.98 Å². The summed E-state index contributed by atoms with van der Waals surface area (Å²) in [5.74, 6) is 0.245. The highest BCUT2D eigenvalue weighted by Crippen LogP contribution is 2.14. The van der Waals surface area contributed by atoms with Gasteiger partial charge in [0.25, 0.3) is 5.91 Å². The highest BCUT2D eigenvalue weighted by Gasteiger charge is 2.06. The first-order valence-corrected chi connectivity index (χ1v) is 7.50. The maximum atomic E-state index is 12.1. The molecule has 1 amide bonds. The smallest absolute Gasteiger partial charge is 0.271 e. The standard InChI is InChI=1S/C18H18N4O/c1-12(2)14-5-3-13(4-6-14)10-21-22-18(23)15-7-8-16-17(9-15)20-11-19-16/h3-12H,1-2H3,(H,19,20)(H,22,23)/b21-10+. The number of carbonyl (C=O) groups excluding carboxylic acids is 1. The van der Waals surface area contributed by atoms with Crippen molar-refractivity contribution in [2.24, 2.45) is 5.10 Å². The van der Waals surface area contributed by atoms with Crippen LogP contribution >= 0.6 is 0 Å². The Morgan fingerprint density at radius 2 is 2.00 bits per heavy atom.